The highest BCUT2D eigenvalue weighted by molar-refractivity contribution is 6.17. The van der Waals surface area contributed by atoms with Gasteiger partial charge in [-0.15, -0.1) is 11.6 Å². The Balaban J connectivity index is 2.21. The van der Waals surface area contributed by atoms with E-state index in [4.69, 9.17) is 17.3 Å². The van der Waals surface area contributed by atoms with E-state index in [9.17, 15) is 0 Å². The van der Waals surface area contributed by atoms with Crippen molar-refractivity contribution >= 4 is 17.4 Å². The number of nitrogens with two attached hydrogens (primary N) is 1. The van der Waals surface area contributed by atoms with Crippen molar-refractivity contribution in [2.24, 2.45) is 0 Å². The summed E-state index contributed by atoms with van der Waals surface area (Å²) in [5.74, 6) is 7.58. The number of halogens is 1. The molecular formula is C20H23ClN2. The Kier molecular flexibility index (Phi) is 6.50. The van der Waals surface area contributed by atoms with Crippen molar-refractivity contribution in [3.8, 4) is 11.8 Å². The van der Waals surface area contributed by atoms with Gasteiger partial charge in [-0.3, -0.25) is 0 Å². The predicted molar refractivity (Wildman–Crippen MR) is 98.6 cm³/mol. The number of pyridine rings is 1. The standard InChI is InChI=1S/C20H23ClN2/c1-3-4-5-6-19-13-18(15(2)23-20(19)22)12-11-16-7-9-17(14-21)10-8-16/h7-10,13H,3-6,14H2,1-2H3,(H2,22,23). The maximum absolute atomic E-state index is 6.04. The van der Waals surface area contributed by atoms with Gasteiger partial charge in [-0.05, 0) is 49.1 Å². The normalized spacial score (nSPS) is 10.2. The van der Waals surface area contributed by atoms with Crippen LogP contribution in [0.4, 0.5) is 5.82 Å². The van der Waals surface area contributed by atoms with Gasteiger partial charge in [0.05, 0.1) is 5.69 Å². The molecule has 0 saturated heterocycles. The lowest BCUT2D eigenvalue weighted by atomic mass is 10.0. The van der Waals surface area contributed by atoms with Gasteiger partial charge in [0.25, 0.3) is 0 Å². The summed E-state index contributed by atoms with van der Waals surface area (Å²) in [4.78, 5) is 4.45. The molecule has 120 valence electrons. The molecule has 1 heterocycles. The van der Waals surface area contributed by atoms with Crippen LogP contribution in [0.25, 0.3) is 0 Å². The third-order valence-electron chi connectivity index (χ3n) is 3.82. The summed E-state index contributed by atoms with van der Waals surface area (Å²) in [7, 11) is 0. The summed E-state index contributed by atoms with van der Waals surface area (Å²) < 4.78 is 0. The third-order valence-corrected chi connectivity index (χ3v) is 4.13. The van der Waals surface area contributed by atoms with Gasteiger partial charge in [0.2, 0.25) is 0 Å². The van der Waals surface area contributed by atoms with Crippen LogP contribution in [0.15, 0.2) is 30.3 Å². The molecule has 0 fully saturated rings. The van der Waals surface area contributed by atoms with Crippen LogP contribution in [-0.2, 0) is 12.3 Å². The van der Waals surface area contributed by atoms with E-state index in [0.717, 1.165) is 40.8 Å². The number of aromatic nitrogens is 1. The van der Waals surface area contributed by atoms with Gasteiger partial charge >= 0.3 is 0 Å². The van der Waals surface area contributed by atoms with Gasteiger partial charge in [-0.2, -0.15) is 0 Å². The van der Waals surface area contributed by atoms with Crippen LogP contribution in [0.5, 0.6) is 0 Å². The van der Waals surface area contributed by atoms with Crippen LogP contribution in [0.2, 0.25) is 0 Å². The summed E-state index contributed by atoms with van der Waals surface area (Å²) in [5.41, 5.74) is 11.0. The molecule has 0 saturated carbocycles. The van der Waals surface area contributed by atoms with Crippen LogP contribution >= 0.6 is 11.6 Å². The second-order valence-corrected chi connectivity index (χ2v) is 5.97. The van der Waals surface area contributed by atoms with Gasteiger partial charge in [-0.25, -0.2) is 4.98 Å². The number of alkyl halides is 1. The van der Waals surface area contributed by atoms with Crippen molar-refractivity contribution in [1.29, 1.82) is 0 Å². The van der Waals surface area contributed by atoms with Crippen molar-refractivity contribution in [3.05, 3.63) is 58.3 Å². The first-order chi connectivity index (χ1) is 11.1. The maximum atomic E-state index is 6.04. The van der Waals surface area contributed by atoms with Gasteiger partial charge in [0.1, 0.15) is 5.82 Å². The molecule has 0 aliphatic rings. The van der Waals surface area contributed by atoms with E-state index in [0.29, 0.717) is 11.7 Å². The minimum absolute atomic E-state index is 0.524. The molecule has 2 aromatic rings. The number of rotatable bonds is 5. The number of aryl methyl sites for hydroxylation is 2. The van der Waals surface area contributed by atoms with Gasteiger partial charge < -0.3 is 5.73 Å². The Morgan fingerprint density at radius 2 is 1.87 bits per heavy atom. The summed E-state index contributed by atoms with van der Waals surface area (Å²) in [5, 5.41) is 0. The Morgan fingerprint density at radius 1 is 1.13 bits per heavy atom. The van der Waals surface area contributed by atoms with E-state index >= 15 is 0 Å². The molecule has 2 nitrogen and oxygen atoms in total. The second kappa shape index (κ2) is 8.60. The Hall–Kier alpha value is -1.98. The highest BCUT2D eigenvalue weighted by atomic mass is 35.5. The molecule has 0 amide bonds. The van der Waals surface area contributed by atoms with Crippen molar-refractivity contribution in [2.45, 2.75) is 45.4 Å². The monoisotopic (exact) mass is 326 g/mol. The number of nitrogens with zero attached hydrogens (tertiary/aromatic N) is 1. The lowest BCUT2D eigenvalue weighted by Crippen LogP contribution is -2.02. The zero-order valence-electron chi connectivity index (χ0n) is 13.8. The lowest BCUT2D eigenvalue weighted by Gasteiger charge is -2.07. The fraction of sp³-hybridized carbons (Fsp3) is 0.350. The minimum atomic E-state index is 0.524. The Bertz CT molecular complexity index is 709. The molecule has 23 heavy (non-hydrogen) atoms. The van der Waals surface area contributed by atoms with Crippen molar-refractivity contribution in [1.82, 2.24) is 4.98 Å². The molecule has 0 unspecified atom stereocenters. The maximum Gasteiger partial charge on any atom is 0.126 e. The number of unbranched alkanes of at least 4 members (excludes halogenated alkanes) is 2. The number of benzene rings is 1. The summed E-state index contributed by atoms with van der Waals surface area (Å²) in [6, 6.07) is 10.1. The van der Waals surface area contributed by atoms with Gasteiger partial charge in [0, 0.05) is 17.0 Å². The summed E-state index contributed by atoms with van der Waals surface area (Å²) >= 11 is 5.80. The number of anilines is 1. The van der Waals surface area contributed by atoms with E-state index in [1.165, 1.54) is 12.8 Å². The van der Waals surface area contributed by atoms with Crippen LogP contribution in [0.3, 0.4) is 0 Å². The Labute approximate surface area is 144 Å². The molecule has 0 aliphatic heterocycles. The predicted octanol–water partition coefficient (Wildman–Crippen LogP) is 4.84. The average molecular weight is 327 g/mol. The third kappa shape index (κ3) is 5.01. The molecule has 2 N–H and O–H groups in total. The van der Waals surface area contributed by atoms with Crippen molar-refractivity contribution in [2.75, 3.05) is 5.73 Å². The zero-order chi connectivity index (χ0) is 16.7. The van der Waals surface area contributed by atoms with Crippen LogP contribution in [-0.4, -0.2) is 4.98 Å². The van der Waals surface area contributed by atoms with E-state index in [-0.39, 0.29) is 0 Å². The molecule has 0 radical (unpaired) electrons. The second-order valence-electron chi connectivity index (χ2n) is 5.70. The molecule has 0 atom stereocenters. The largest absolute Gasteiger partial charge is 0.383 e. The molecule has 2 rings (SSSR count). The smallest absolute Gasteiger partial charge is 0.126 e. The van der Waals surface area contributed by atoms with Gasteiger partial charge in [-0.1, -0.05) is 43.7 Å². The van der Waals surface area contributed by atoms with E-state index in [1.807, 2.05) is 31.2 Å². The number of hydrogen-bond acceptors (Lipinski definition) is 2. The SMILES string of the molecule is CCCCCc1cc(C#Cc2ccc(CCl)cc2)c(C)nc1N. The fourth-order valence-electron chi connectivity index (χ4n) is 2.37. The van der Waals surface area contributed by atoms with Crippen LogP contribution < -0.4 is 5.73 Å². The topological polar surface area (TPSA) is 38.9 Å². The molecule has 0 aliphatic carbocycles. The molecular weight excluding hydrogens is 304 g/mol. The van der Waals surface area contributed by atoms with E-state index in [2.05, 4.69) is 29.8 Å². The van der Waals surface area contributed by atoms with Crippen molar-refractivity contribution in [3.63, 3.8) is 0 Å². The first-order valence-electron chi connectivity index (χ1n) is 8.07. The van der Waals surface area contributed by atoms with Crippen LogP contribution in [0.1, 0.15) is 54.1 Å². The fourth-order valence-corrected chi connectivity index (χ4v) is 2.55. The van der Waals surface area contributed by atoms with Crippen molar-refractivity contribution < 1.29 is 0 Å². The quantitative estimate of drug-likeness (QED) is 0.485. The first kappa shape index (κ1) is 17.4. The molecule has 0 bridgehead atoms. The highest BCUT2D eigenvalue weighted by Crippen LogP contribution is 2.17. The van der Waals surface area contributed by atoms with E-state index < -0.39 is 0 Å². The zero-order valence-corrected chi connectivity index (χ0v) is 14.6. The summed E-state index contributed by atoms with van der Waals surface area (Å²) in [6.45, 7) is 4.15. The van der Waals surface area contributed by atoms with Crippen LogP contribution in [0, 0.1) is 18.8 Å². The molecule has 3 heteroatoms. The number of hydrogen-bond donors (Lipinski definition) is 1. The summed E-state index contributed by atoms with van der Waals surface area (Å²) in [6.07, 6.45) is 4.51. The van der Waals surface area contributed by atoms with Gasteiger partial charge in [0.15, 0.2) is 0 Å². The first-order valence-corrected chi connectivity index (χ1v) is 8.60. The molecule has 0 spiro atoms. The average Bonchev–Trinajstić information content (AvgIpc) is 2.56. The number of nitrogen functional groups attached to an aromatic ring is 1. The molecule has 1 aromatic carbocycles. The molecule has 1 aromatic heterocycles. The van der Waals surface area contributed by atoms with E-state index in [1.54, 1.807) is 0 Å². The highest BCUT2D eigenvalue weighted by Gasteiger charge is 2.05. The Morgan fingerprint density at radius 3 is 2.52 bits per heavy atom. The minimum Gasteiger partial charge on any atom is -0.383 e. The lowest BCUT2D eigenvalue weighted by molar-refractivity contribution is 0.716.